The highest BCUT2D eigenvalue weighted by Crippen LogP contribution is 2.11. The largest absolute Gasteiger partial charge is 0.383 e. The lowest BCUT2D eigenvalue weighted by molar-refractivity contribution is 0.593. The van der Waals surface area contributed by atoms with Gasteiger partial charge in [-0.05, 0) is 25.0 Å². The van der Waals surface area contributed by atoms with Crippen molar-refractivity contribution in [1.82, 2.24) is 4.98 Å². The van der Waals surface area contributed by atoms with Crippen LogP contribution in [0.3, 0.4) is 0 Å². The van der Waals surface area contributed by atoms with Crippen LogP contribution in [0.1, 0.15) is 26.0 Å². The molecule has 0 aliphatic carbocycles. The van der Waals surface area contributed by atoms with Gasteiger partial charge in [-0.1, -0.05) is 20.3 Å². The maximum atomic E-state index is 4.22. The summed E-state index contributed by atoms with van der Waals surface area (Å²) in [7, 11) is 0. The Balaban J connectivity index is 2.50. The fourth-order valence-electron chi connectivity index (χ4n) is 1.10. The summed E-state index contributed by atoms with van der Waals surface area (Å²) in [6, 6.07) is 4.04. The third-order valence-electron chi connectivity index (χ3n) is 2.34. The molecule has 0 saturated heterocycles. The molecule has 0 unspecified atom stereocenters. The maximum Gasteiger partial charge on any atom is 0.0603 e. The van der Waals surface area contributed by atoms with Gasteiger partial charge < -0.3 is 5.32 Å². The predicted octanol–water partition coefficient (Wildman–Crippen LogP) is 2.85. The third kappa shape index (κ3) is 3.05. The zero-order valence-corrected chi connectivity index (χ0v) is 8.67. The Morgan fingerprint density at radius 3 is 2.92 bits per heavy atom. The number of aromatic nitrogens is 1. The van der Waals surface area contributed by atoms with Crippen LogP contribution in [-0.2, 0) is 0 Å². The number of nitrogens with one attached hydrogen (secondary N) is 1. The Labute approximate surface area is 80.4 Å². The second-order valence-electron chi connectivity index (χ2n) is 3.53. The first-order valence-electron chi connectivity index (χ1n) is 4.89. The van der Waals surface area contributed by atoms with Crippen LogP contribution in [0.2, 0.25) is 0 Å². The second-order valence-corrected chi connectivity index (χ2v) is 3.53. The minimum atomic E-state index is 0.722. The molecule has 0 bridgehead atoms. The first kappa shape index (κ1) is 10.0. The van der Waals surface area contributed by atoms with E-state index in [1.54, 1.807) is 0 Å². The summed E-state index contributed by atoms with van der Waals surface area (Å²) >= 11 is 0. The van der Waals surface area contributed by atoms with E-state index in [1.165, 1.54) is 6.42 Å². The van der Waals surface area contributed by atoms with Crippen molar-refractivity contribution in [2.75, 3.05) is 11.9 Å². The summed E-state index contributed by atoms with van der Waals surface area (Å²) in [5, 5.41) is 3.40. The van der Waals surface area contributed by atoms with Gasteiger partial charge in [0.2, 0.25) is 0 Å². The van der Waals surface area contributed by atoms with Crippen molar-refractivity contribution >= 4 is 5.69 Å². The van der Waals surface area contributed by atoms with Crippen molar-refractivity contribution in [3.05, 3.63) is 24.0 Å². The summed E-state index contributed by atoms with van der Waals surface area (Å²) in [4.78, 5) is 4.22. The van der Waals surface area contributed by atoms with Crippen LogP contribution in [0, 0.1) is 12.8 Å². The molecule has 2 nitrogen and oxygen atoms in total. The molecule has 1 N–H and O–H groups in total. The Morgan fingerprint density at radius 2 is 2.31 bits per heavy atom. The van der Waals surface area contributed by atoms with Gasteiger partial charge >= 0.3 is 0 Å². The molecule has 72 valence electrons. The lowest BCUT2D eigenvalue weighted by Crippen LogP contribution is -2.11. The van der Waals surface area contributed by atoms with Crippen LogP contribution in [0.5, 0.6) is 0 Å². The molecule has 0 aromatic carbocycles. The summed E-state index contributed by atoms with van der Waals surface area (Å²) < 4.78 is 0. The topological polar surface area (TPSA) is 24.9 Å². The van der Waals surface area contributed by atoms with Gasteiger partial charge in [0.25, 0.3) is 0 Å². The van der Waals surface area contributed by atoms with E-state index in [9.17, 15) is 0 Å². The number of hydrogen-bond donors (Lipinski definition) is 1. The number of hydrogen-bond acceptors (Lipinski definition) is 2. The molecule has 0 fully saturated rings. The van der Waals surface area contributed by atoms with E-state index in [-0.39, 0.29) is 0 Å². The molecule has 0 amide bonds. The molecular weight excluding hydrogens is 160 g/mol. The summed E-state index contributed by atoms with van der Waals surface area (Å²) in [6.45, 7) is 7.52. The molecule has 0 radical (unpaired) electrons. The minimum Gasteiger partial charge on any atom is -0.383 e. The molecule has 1 aromatic rings. The SMILES string of the molecule is CC[C@H](C)CNc1cccnc1C. The van der Waals surface area contributed by atoms with E-state index in [2.05, 4.69) is 30.2 Å². The van der Waals surface area contributed by atoms with E-state index in [4.69, 9.17) is 0 Å². The van der Waals surface area contributed by atoms with Crippen LogP contribution in [0.4, 0.5) is 5.69 Å². The van der Waals surface area contributed by atoms with Crippen LogP contribution in [0.25, 0.3) is 0 Å². The van der Waals surface area contributed by atoms with Crippen molar-refractivity contribution in [2.24, 2.45) is 5.92 Å². The smallest absolute Gasteiger partial charge is 0.0603 e. The van der Waals surface area contributed by atoms with E-state index in [0.29, 0.717) is 0 Å². The Morgan fingerprint density at radius 1 is 1.54 bits per heavy atom. The maximum absolute atomic E-state index is 4.22. The Bertz CT molecular complexity index is 258. The fourth-order valence-corrected chi connectivity index (χ4v) is 1.10. The molecule has 0 aliphatic heterocycles. The molecule has 0 spiro atoms. The fraction of sp³-hybridized carbons (Fsp3) is 0.545. The highest BCUT2D eigenvalue weighted by molar-refractivity contribution is 5.46. The Kier molecular flexibility index (Phi) is 3.74. The van der Waals surface area contributed by atoms with Gasteiger partial charge in [0, 0.05) is 12.7 Å². The molecule has 13 heavy (non-hydrogen) atoms. The van der Waals surface area contributed by atoms with Crippen molar-refractivity contribution in [3.63, 3.8) is 0 Å². The van der Waals surface area contributed by atoms with Crippen LogP contribution < -0.4 is 5.32 Å². The number of rotatable bonds is 4. The molecule has 0 saturated carbocycles. The predicted molar refractivity (Wildman–Crippen MR) is 56.9 cm³/mol. The van der Waals surface area contributed by atoms with Crippen molar-refractivity contribution in [3.8, 4) is 0 Å². The number of aryl methyl sites for hydroxylation is 1. The molecule has 0 aliphatic rings. The second kappa shape index (κ2) is 4.85. The highest BCUT2D eigenvalue weighted by Gasteiger charge is 2.00. The van der Waals surface area contributed by atoms with Gasteiger partial charge in [-0.25, -0.2) is 0 Å². The highest BCUT2D eigenvalue weighted by atomic mass is 14.9. The zero-order chi connectivity index (χ0) is 9.68. The van der Waals surface area contributed by atoms with Gasteiger partial charge in [-0.3, -0.25) is 4.98 Å². The lowest BCUT2D eigenvalue weighted by atomic mass is 10.1. The van der Waals surface area contributed by atoms with E-state index < -0.39 is 0 Å². The Hall–Kier alpha value is -1.05. The number of anilines is 1. The van der Waals surface area contributed by atoms with Crippen LogP contribution >= 0.6 is 0 Å². The lowest BCUT2D eigenvalue weighted by Gasteiger charge is -2.12. The van der Waals surface area contributed by atoms with E-state index >= 15 is 0 Å². The third-order valence-corrected chi connectivity index (χ3v) is 2.34. The van der Waals surface area contributed by atoms with E-state index in [1.807, 2.05) is 19.2 Å². The van der Waals surface area contributed by atoms with Crippen LogP contribution in [-0.4, -0.2) is 11.5 Å². The van der Waals surface area contributed by atoms with Gasteiger partial charge in [0.1, 0.15) is 0 Å². The average Bonchev–Trinajstić information content (AvgIpc) is 2.16. The summed E-state index contributed by atoms with van der Waals surface area (Å²) in [5.74, 6) is 0.722. The van der Waals surface area contributed by atoms with Crippen molar-refractivity contribution < 1.29 is 0 Å². The first-order chi connectivity index (χ1) is 6.24. The minimum absolute atomic E-state index is 0.722. The quantitative estimate of drug-likeness (QED) is 0.766. The van der Waals surface area contributed by atoms with Gasteiger partial charge in [0.05, 0.1) is 11.4 Å². The molecular formula is C11H18N2. The molecule has 1 heterocycles. The van der Waals surface area contributed by atoms with Crippen LogP contribution in [0.15, 0.2) is 18.3 Å². The summed E-state index contributed by atoms with van der Waals surface area (Å²) in [5.41, 5.74) is 2.23. The normalized spacial score (nSPS) is 12.5. The summed E-state index contributed by atoms with van der Waals surface area (Å²) in [6.07, 6.45) is 3.04. The average molecular weight is 178 g/mol. The molecule has 1 aromatic heterocycles. The standard InChI is InChI=1S/C11H18N2/c1-4-9(2)8-13-11-6-5-7-12-10(11)3/h5-7,9,13H,4,8H2,1-3H3/t9-/m0/s1. The number of pyridine rings is 1. The number of nitrogens with zero attached hydrogens (tertiary/aromatic N) is 1. The van der Waals surface area contributed by atoms with E-state index in [0.717, 1.165) is 23.8 Å². The first-order valence-corrected chi connectivity index (χ1v) is 4.89. The monoisotopic (exact) mass is 178 g/mol. The molecule has 1 atom stereocenters. The van der Waals surface area contributed by atoms with Gasteiger partial charge in [-0.2, -0.15) is 0 Å². The van der Waals surface area contributed by atoms with Gasteiger partial charge in [0.15, 0.2) is 0 Å². The zero-order valence-electron chi connectivity index (χ0n) is 8.67. The molecule has 1 rings (SSSR count). The molecule has 2 heteroatoms. The van der Waals surface area contributed by atoms with Gasteiger partial charge in [-0.15, -0.1) is 0 Å². The van der Waals surface area contributed by atoms with Crippen molar-refractivity contribution in [1.29, 1.82) is 0 Å². The van der Waals surface area contributed by atoms with Crippen molar-refractivity contribution in [2.45, 2.75) is 27.2 Å².